The Morgan fingerprint density at radius 2 is 2.10 bits per heavy atom. The highest BCUT2D eigenvalue weighted by molar-refractivity contribution is 5.54. The number of benzene rings is 1. The van der Waals surface area contributed by atoms with Gasteiger partial charge in [-0.05, 0) is 38.6 Å². The second-order valence-corrected chi connectivity index (χ2v) is 5.12. The van der Waals surface area contributed by atoms with Gasteiger partial charge in [0.05, 0.1) is 12.8 Å². The van der Waals surface area contributed by atoms with Crippen molar-refractivity contribution < 1.29 is 9.52 Å². The van der Waals surface area contributed by atoms with Gasteiger partial charge in [0.1, 0.15) is 11.5 Å². The van der Waals surface area contributed by atoms with E-state index in [0.717, 1.165) is 30.1 Å². The van der Waals surface area contributed by atoms with Crippen LogP contribution in [-0.4, -0.2) is 18.2 Å². The van der Waals surface area contributed by atoms with Gasteiger partial charge in [-0.25, -0.2) is 0 Å². The van der Waals surface area contributed by atoms with Crippen molar-refractivity contribution in [2.24, 2.45) is 0 Å². The summed E-state index contributed by atoms with van der Waals surface area (Å²) in [6, 6.07) is 9.86. The van der Waals surface area contributed by atoms with Gasteiger partial charge in [-0.1, -0.05) is 13.0 Å². The van der Waals surface area contributed by atoms with Crippen molar-refractivity contribution in [3.63, 3.8) is 0 Å². The van der Waals surface area contributed by atoms with Crippen LogP contribution in [0.25, 0.3) is 0 Å². The lowest BCUT2D eigenvalue weighted by Crippen LogP contribution is -2.22. The van der Waals surface area contributed by atoms with Crippen molar-refractivity contribution in [3.05, 3.63) is 47.9 Å². The molecule has 1 aromatic heterocycles. The molecule has 2 aromatic rings. The molecule has 4 heteroatoms. The number of rotatable bonds is 7. The first-order valence-electron chi connectivity index (χ1n) is 7.49. The fourth-order valence-electron chi connectivity index (χ4n) is 2.49. The minimum atomic E-state index is 0.143. The van der Waals surface area contributed by atoms with E-state index in [4.69, 9.17) is 4.42 Å². The van der Waals surface area contributed by atoms with E-state index in [1.165, 1.54) is 0 Å². The summed E-state index contributed by atoms with van der Waals surface area (Å²) in [5.74, 6) is 1.25. The molecule has 0 fully saturated rings. The number of furan rings is 1. The molecular weight excluding hydrogens is 264 g/mol. The lowest BCUT2D eigenvalue weighted by Gasteiger charge is -2.23. The van der Waals surface area contributed by atoms with Crippen molar-refractivity contribution in [1.82, 2.24) is 5.32 Å². The lowest BCUT2D eigenvalue weighted by atomic mass is 10.1. The highest BCUT2D eigenvalue weighted by Crippen LogP contribution is 2.29. The Labute approximate surface area is 126 Å². The molecule has 1 aromatic carbocycles. The number of anilines is 1. The average Bonchev–Trinajstić information content (AvgIpc) is 2.97. The van der Waals surface area contributed by atoms with Crippen molar-refractivity contribution in [3.8, 4) is 5.75 Å². The third kappa shape index (κ3) is 3.79. The smallest absolute Gasteiger partial charge is 0.123 e. The van der Waals surface area contributed by atoms with Gasteiger partial charge < -0.3 is 19.7 Å². The number of nitrogens with zero attached hydrogens (tertiary/aromatic N) is 1. The van der Waals surface area contributed by atoms with Gasteiger partial charge in [0.2, 0.25) is 0 Å². The maximum atomic E-state index is 10.3. The average molecular weight is 288 g/mol. The molecular formula is C17H24N2O2. The number of phenolic OH excluding ortho intramolecular Hbond substituents is 1. The summed E-state index contributed by atoms with van der Waals surface area (Å²) in [5, 5.41) is 13.6. The molecule has 0 saturated carbocycles. The molecule has 0 aliphatic carbocycles. The molecule has 21 heavy (non-hydrogen) atoms. The maximum absolute atomic E-state index is 10.3. The summed E-state index contributed by atoms with van der Waals surface area (Å²) in [6.45, 7) is 8.63. The van der Waals surface area contributed by atoms with E-state index in [9.17, 15) is 5.11 Å². The van der Waals surface area contributed by atoms with E-state index in [0.29, 0.717) is 12.3 Å². The van der Waals surface area contributed by atoms with Crippen molar-refractivity contribution in [2.75, 3.05) is 18.0 Å². The number of hydrogen-bond donors (Lipinski definition) is 2. The normalized spacial score (nSPS) is 12.3. The molecule has 1 atom stereocenters. The van der Waals surface area contributed by atoms with Gasteiger partial charge >= 0.3 is 0 Å². The first-order valence-corrected chi connectivity index (χ1v) is 7.49. The first-order chi connectivity index (χ1) is 10.2. The fourth-order valence-corrected chi connectivity index (χ4v) is 2.49. The Kier molecular flexibility index (Phi) is 5.28. The fraction of sp³-hybridized carbons (Fsp3) is 0.412. The largest absolute Gasteiger partial charge is 0.508 e. The Morgan fingerprint density at radius 3 is 2.67 bits per heavy atom. The number of phenols is 1. The molecule has 0 spiro atoms. The summed E-state index contributed by atoms with van der Waals surface area (Å²) in [5.41, 5.74) is 1.92. The molecule has 0 saturated heterocycles. The number of hydrogen-bond acceptors (Lipinski definition) is 4. The third-order valence-electron chi connectivity index (χ3n) is 3.66. The van der Waals surface area contributed by atoms with Gasteiger partial charge in [-0.3, -0.25) is 0 Å². The highest BCUT2D eigenvalue weighted by Gasteiger charge is 2.13. The molecule has 0 aliphatic heterocycles. The van der Waals surface area contributed by atoms with Gasteiger partial charge in [-0.2, -0.15) is 0 Å². The van der Waals surface area contributed by atoms with Crippen LogP contribution in [0.2, 0.25) is 0 Å². The van der Waals surface area contributed by atoms with Crippen LogP contribution < -0.4 is 10.2 Å². The molecule has 0 aliphatic rings. The predicted octanol–water partition coefficient (Wildman–Crippen LogP) is 3.68. The third-order valence-corrected chi connectivity index (χ3v) is 3.66. The second-order valence-electron chi connectivity index (χ2n) is 5.12. The molecule has 0 amide bonds. The molecule has 0 bridgehead atoms. The molecule has 1 unspecified atom stereocenters. The molecule has 0 radical (unpaired) electrons. The van der Waals surface area contributed by atoms with Gasteiger partial charge in [0.25, 0.3) is 0 Å². The van der Waals surface area contributed by atoms with E-state index in [-0.39, 0.29) is 6.04 Å². The maximum Gasteiger partial charge on any atom is 0.123 e. The van der Waals surface area contributed by atoms with E-state index in [2.05, 4.69) is 37.1 Å². The molecule has 1 heterocycles. The van der Waals surface area contributed by atoms with Gasteiger partial charge in [-0.15, -0.1) is 0 Å². The Balaban J connectivity index is 2.17. The topological polar surface area (TPSA) is 48.6 Å². The number of nitrogens with one attached hydrogen (secondary N) is 1. The quantitative estimate of drug-likeness (QED) is 0.816. The summed E-state index contributed by atoms with van der Waals surface area (Å²) in [7, 11) is 0. The summed E-state index contributed by atoms with van der Waals surface area (Å²) in [4.78, 5) is 2.17. The standard InChI is InChI=1S/C17H24N2O2/c1-4-18-13(3)16-9-8-14(11-17(16)20)19(5-2)12-15-7-6-10-21-15/h6-11,13,18,20H,4-5,12H2,1-3H3. The molecule has 2 N–H and O–H groups in total. The second kappa shape index (κ2) is 7.18. The molecule has 4 nitrogen and oxygen atoms in total. The van der Waals surface area contributed by atoms with Gasteiger partial charge in [0.15, 0.2) is 0 Å². The minimum absolute atomic E-state index is 0.143. The Bertz CT molecular complexity index is 552. The molecule has 2 rings (SSSR count). The van der Waals surface area contributed by atoms with E-state index >= 15 is 0 Å². The van der Waals surface area contributed by atoms with Crippen LogP contribution >= 0.6 is 0 Å². The van der Waals surface area contributed by atoms with Crippen LogP contribution in [0, 0.1) is 0 Å². The monoisotopic (exact) mass is 288 g/mol. The summed E-state index contributed by atoms with van der Waals surface area (Å²) in [6.07, 6.45) is 1.68. The van der Waals surface area contributed by atoms with E-state index in [1.54, 1.807) is 6.26 Å². The summed E-state index contributed by atoms with van der Waals surface area (Å²) < 4.78 is 5.40. The zero-order valence-electron chi connectivity index (χ0n) is 13.0. The zero-order chi connectivity index (χ0) is 15.2. The highest BCUT2D eigenvalue weighted by atomic mass is 16.3. The van der Waals surface area contributed by atoms with Crippen molar-refractivity contribution in [2.45, 2.75) is 33.4 Å². The minimum Gasteiger partial charge on any atom is -0.508 e. The lowest BCUT2D eigenvalue weighted by molar-refractivity contribution is 0.454. The summed E-state index contributed by atoms with van der Waals surface area (Å²) >= 11 is 0. The van der Waals surface area contributed by atoms with Crippen LogP contribution in [0.4, 0.5) is 5.69 Å². The zero-order valence-corrected chi connectivity index (χ0v) is 13.0. The van der Waals surface area contributed by atoms with E-state index < -0.39 is 0 Å². The van der Waals surface area contributed by atoms with Crippen LogP contribution in [0.5, 0.6) is 5.75 Å². The predicted molar refractivity (Wildman–Crippen MR) is 85.6 cm³/mol. The van der Waals surface area contributed by atoms with E-state index in [1.807, 2.05) is 24.3 Å². The van der Waals surface area contributed by atoms with Crippen molar-refractivity contribution >= 4 is 5.69 Å². The van der Waals surface area contributed by atoms with Crippen LogP contribution in [0.1, 0.15) is 38.1 Å². The SMILES string of the molecule is CCNC(C)c1ccc(N(CC)Cc2ccco2)cc1O. The van der Waals surface area contributed by atoms with Crippen molar-refractivity contribution in [1.29, 1.82) is 0 Å². The van der Waals surface area contributed by atoms with Crippen LogP contribution in [-0.2, 0) is 6.54 Å². The molecule has 114 valence electrons. The van der Waals surface area contributed by atoms with Gasteiger partial charge in [0, 0.05) is 29.9 Å². The number of aromatic hydroxyl groups is 1. The Morgan fingerprint density at radius 1 is 1.29 bits per heavy atom. The first kappa shape index (κ1) is 15.4. The van der Waals surface area contributed by atoms with Crippen LogP contribution in [0.3, 0.4) is 0 Å². The van der Waals surface area contributed by atoms with Crippen LogP contribution in [0.15, 0.2) is 41.0 Å². The Hall–Kier alpha value is -1.94.